The predicted molar refractivity (Wildman–Crippen MR) is 82.2 cm³/mol. The van der Waals surface area contributed by atoms with Crippen LogP contribution in [0.1, 0.15) is 35.3 Å². The summed E-state index contributed by atoms with van der Waals surface area (Å²) in [6.45, 7) is 6.46. The van der Waals surface area contributed by atoms with E-state index in [4.69, 9.17) is 4.74 Å². The highest BCUT2D eigenvalue weighted by Crippen LogP contribution is 2.20. The lowest BCUT2D eigenvalue weighted by Gasteiger charge is -2.14. The van der Waals surface area contributed by atoms with Gasteiger partial charge in [-0.2, -0.15) is 0 Å². The van der Waals surface area contributed by atoms with Crippen molar-refractivity contribution < 1.29 is 9.84 Å². The zero-order chi connectivity index (χ0) is 14.5. The van der Waals surface area contributed by atoms with E-state index in [0.717, 1.165) is 28.9 Å². The third-order valence-corrected chi connectivity index (χ3v) is 3.34. The van der Waals surface area contributed by atoms with Crippen LogP contribution in [0, 0.1) is 13.8 Å². The maximum atomic E-state index is 10.2. The van der Waals surface area contributed by atoms with E-state index in [1.807, 2.05) is 44.2 Å². The van der Waals surface area contributed by atoms with Gasteiger partial charge in [0.25, 0.3) is 0 Å². The molecule has 0 aliphatic carbocycles. The first-order chi connectivity index (χ1) is 9.58. The summed E-state index contributed by atoms with van der Waals surface area (Å²) in [5.74, 6) is 0.813. The number of rotatable bonds is 5. The molecule has 0 spiro atoms. The summed E-state index contributed by atoms with van der Waals surface area (Å²) in [6.07, 6.45) is 0.385. The molecule has 2 nitrogen and oxygen atoms in total. The van der Waals surface area contributed by atoms with E-state index >= 15 is 0 Å². The molecule has 0 heterocycles. The summed E-state index contributed by atoms with van der Waals surface area (Å²) in [5, 5.41) is 10.2. The average Bonchev–Trinajstić information content (AvgIpc) is 2.44. The Balaban J connectivity index is 2.02. The molecule has 0 aliphatic heterocycles. The molecule has 0 bridgehead atoms. The molecule has 2 heteroatoms. The molecule has 0 fully saturated rings. The average molecular weight is 270 g/mol. The largest absolute Gasteiger partial charge is 0.491 e. The molecule has 2 aromatic rings. The fraction of sp³-hybridized carbons (Fsp3) is 0.333. The third-order valence-electron chi connectivity index (χ3n) is 3.34. The molecule has 2 aromatic carbocycles. The number of aliphatic hydroxyl groups is 1. The van der Waals surface area contributed by atoms with Crippen molar-refractivity contribution in [2.75, 3.05) is 6.61 Å². The van der Waals surface area contributed by atoms with Gasteiger partial charge in [-0.05, 0) is 43.5 Å². The van der Waals surface area contributed by atoms with Gasteiger partial charge in [0, 0.05) is 0 Å². The maximum absolute atomic E-state index is 10.2. The highest BCUT2D eigenvalue weighted by atomic mass is 16.5. The van der Waals surface area contributed by atoms with Crippen LogP contribution in [0.3, 0.4) is 0 Å². The van der Waals surface area contributed by atoms with Crippen LogP contribution in [0.4, 0.5) is 0 Å². The number of hydrogen-bond acceptors (Lipinski definition) is 2. The molecule has 1 N–H and O–H groups in total. The second-order valence-corrected chi connectivity index (χ2v) is 5.25. The molecule has 106 valence electrons. The number of benzene rings is 2. The first-order valence-electron chi connectivity index (χ1n) is 7.06. The molecule has 20 heavy (non-hydrogen) atoms. The van der Waals surface area contributed by atoms with Crippen LogP contribution >= 0.6 is 0 Å². The first kappa shape index (κ1) is 14.6. The van der Waals surface area contributed by atoms with Crippen LogP contribution in [-0.2, 0) is 6.42 Å². The van der Waals surface area contributed by atoms with Crippen molar-refractivity contribution in [2.24, 2.45) is 0 Å². The summed E-state index contributed by atoms with van der Waals surface area (Å²) in [5.41, 5.74) is 4.47. The smallest absolute Gasteiger partial charge is 0.119 e. The highest BCUT2D eigenvalue weighted by Gasteiger charge is 2.09. The summed E-state index contributed by atoms with van der Waals surface area (Å²) < 4.78 is 5.69. The van der Waals surface area contributed by atoms with Gasteiger partial charge in [0.2, 0.25) is 0 Å². The number of ether oxygens (including phenoxy) is 1. The van der Waals surface area contributed by atoms with Gasteiger partial charge in [-0.15, -0.1) is 0 Å². The van der Waals surface area contributed by atoms with Gasteiger partial charge in [-0.1, -0.05) is 48.4 Å². The van der Waals surface area contributed by atoms with Crippen molar-refractivity contribution in [1.29, 1.82) is 0 Å². The quantitative estimate of drug-likeness (QED) is 0.890. The summed E-state index contributed by atoms with van der Waals surface area (Å²) in [7, 11) is 0. The fourth-order valence-electron chi connectivity index (χ4n) is 2.33. The Morgan fingerprint density at radius 3 is 2.40 bits per heavy atom. The van der Waals surface area contributed by atoms with Gasteiger partial charge >= 0.3 is 0 Å². The van der Waals surface area contributed by atoms with Crippen molar-refractivity contribution in [3.05, 3.63) is 64.7 Å². The Kier molecular flexibility index (Phi) is 4.80. The topological polar surface area (TPSA) is 29.5 Å². The monoisotopic (exact) mass is 270 g/mol. The molecule has 1 atom stereocenters. The Bertz CT molecular complexity index is 555. The van der Waals surface area contributed by atoms with Gasteiger partial charge in [-0.25, -0.2) is 0 Å². The minimum Gasteiger partial charge on any atom is -0.491 e. The molecule has 0 aromatic heterocycles. The van der Waals surface area contributed by atoms with Crippen LogP contribution in [0.15, 0.2) is 42.5 Å². The first-order valence-corrected chi connectivity index (χ1v) is 7.06. The normalized spacial score (nSPS) is 12.2. The Labute approximate surface area is 121 Å². The van der Waals surface area contributed by atoms with Gasteiger partial charge in [0.05, 0.1) is 0 Å². The zero-order valence-electron chi connectivity index (χ0n) is 12.4. The zero-order valence-corrected chi connectivity index (χ0v) is 12.4. The lowest BCUT2D eigenvalue weighted by Crippen LogP contribution is -2.10. The molecular weight excluding hydrogens is 248 g/mol. The molecule has 0 saturated heterocycles. The molecular formula is C18H22O2. The van der Waals surface area contributed by atoms with E-state index in [-0.39, 0.29) is 6.61 Å². The van der Waals surface area contributed by atoms with Crippen LogP contribution < -0.4 is 4.74 Å². The van der Waals surface area contributed by atoms with Crippen LogP contribution in [-0.4, -0.2) is 11.7 Å². The summed E-state index contributed by atoms with van der Waals surface area (Å²) >= 11 is 0. The van der Waals surface area contributed by atoms with Crippen molar-refractivity contribution in [2.45, 2.75) is 33.3 Å². The minimum atomic E-state index is -0.598. The lowest BCUT2D eigenvalue weighted by molar-refractivity contribution is 0.108. The third kappa shape index (κ3) is 3.84. The number of hydrogen-bond donors (Lipinski definition) is 1. The molecule has 2 rings (SSSR count). The highest BCUT2D eigenvalue weighted by molar-refractivity contribution is 5.31. The second kappa shape index (κ2) is 6.58. The van der Waals surface area contributed by atoms with Crippen molar-refractivity contribution >= 4 is 0 Å². The van der Waals surface area contributed by atoms with E-state index in [1.54, 1.807) is 0 Å². The van der Waals surface area contributed by atoms with Crippen LogP contribution in [0.2, 0.25) is 0 Å². The predicted octanol–water partition coefficient (Wildman–Crippen LogP) is 3.98. The molecule has 0 saturated carbocycles. The van der Waals surface area contributed by atoms with Crippen LogP contribution in [0.25, 0.3) is 0 Å². The van der Waals surface area contributed by atoms with Crippen molar-refractivity contribution in [1.82, 2.24) is 0 Å². The fourth-order valence-corrected chi connectivity index (χ4v) is 2.33. The second-order valence-electron chi connectivity index (χ2n) is 5.25. The van der Waals surface area contributed by atoms with E-state index in [2.05, 4.69) is 19.1 Å². The van der Waals surface area contributed by atoms with Gasteiger partial charge in [0.15, 0.2) is 0 Å². The maximum Gasteiger partial charge on any atom is 0.119 e. The minimum absolute atomic E-state index is 0.274. The molecule has 0 amide bonds. The van der Waals surface area contributed by atoms with E-state index < -0.39 is 6.10 Å². The summed E-state index contributed by atoms with van der Waals surface area (Å²) in [6, 6.07) is 14.1. The Morgan fingerprint density at radius 2 is 1.75 bits per heavy atom. The van der Waals surface area contributed by atoms with Gasteiger partial charge in [0.1, 0.15) is 18.5 Å². The molecule has 0 aliphatic rings. The van der Waals surface area contributed by atoms with E-state index in [1.165, 1.54) is 5.56 Å². The summed E-state index contributed by atoms with van der Waals surface area (Å²) in [4.78, 5) is 0. The van der Waals surface area contributed by atoms with Gasteiger partial charge < -0.3 is 9.84 Å². The van der Waals surface area contributed by atoms with Crippen LogP contribution in [0.5, 0.6) is 5.75 Å². The SMILES string of the molecule is CCc1cccc(OCC(O)c2cc(C)cc(C)c2)c1. The molecule has 0 radical (unpaired) electrons. The van der Waals surface area contributed by atoms with Crippen molar-refractivity contribution in [3.63, 3.8) is 0 Å². The van der Waals surface area contributed by atoms with E-state index in [0.29, 0.717) is 0 Å². The van der Waals surface area contributed by atoms with E-state index in [9.17, 15) is 5.11 Å². The molecule has 1 unspecified atom stereocenters. The lowest BCUT2D eigenvalue weighted by atomic mass is 10.0. The number of aliphatic hydroxyl groups excluding tert-OH is 1. The van der Waals surface area contributed by atoms with Crippen molar-refractivity contribution in [3.8, 4) is 5.75 Å². The Morgan fingerprint density at radius 1 is 1.05 bits per heavy atom. The number of aryl methyl sites for hydroxylation is 3. The standard InChI is InChI=1S/C18H22O2/c1-4-15-6-5-7-17(11-15)20-12-18(19)16-9-13(2)8-14(3)10-16/h5-11,18-19H,4,12H2,1-3H3. The van der Waals surface area contributed by atoms with Gasteiger partial charge in [-0.3, -0.25) is 0 Å². The Hall–Kier alpha value is -1.80.